The highest BCUT2D eigenvalue weighted by Crippen LogP contribution is 2.27. The van der Waals surface area contributed by atoms with Crippen molar-refractivity contribution in [3.8, 4) is 0 Å². The summed E-state index contributed by atoms with van der Waals surface area (Å²) in [6.45, 7) is 1.27. The number of benzene rings is 1. The van der Waals surface area contributed by atoms with Crippen LogP contribution in [0.3, 0.4) is 0 Å². The summed E-state index contributed by atoms with van der Waals surface area (Å²) >= 11 is 0. The first-order valence-electron chi connectivity index (χ1n) is 6.54. The van der Waals surface area contributed by atoms with Crippen molar-refractivity contribution in [1.82, 2.24) is 4.98 Å². The average Bonchev–Trinajstić information content (AvgIpc) is 2.47. The van der Waals surface area contributed by atoms with E-state index in [0.29, 0.717) is 13.1 Å². The normalized spacial score (nSPS) is 14.1. The van der Waals surface area contributed by atoms with E-state index in [9.17, 15) is 8.78 Å². The summed E-state index contributed by atoms with van der Waals surface area (Å²) in [7, 11) is 1.57. The number of aromatic nitrogens is 1. The van der Waals surface area contributed by atoms with Crippen molar-refractivity contribution in [2.24, 2.45) is 0 Å². The molecular weight excluding hydrogens is 260 g/mol. The molecule has 0 saturated heterocycles. The molecule has 0 radical (unpaired) electrons. The molecule has 0 spiro atoms. The standard InChI is InChI=1S/C15H15F2N3/c1-18-14-12(16)8-13(17)15(19-14)20-7-6-10-4-2-3-5-11(10)9-20/h2-5,8H,6-7,9H2,1H3,(H,18,19). The van der Waals surface area contributed by atoms with Crippen LogP contribution < -0.4 is 10.2 Å². The van der Waals surface area contributed by atoms with E-state index >= 15 is 0 Å². The lowest BCUT2D eigenvalue weighted by Gasteiger charge is -2.30. The van der Waals surface area contributed by atoms with Gasteiger partial charge in [0.2, 0.25) is 0 Å². The third kappa shape index (κ3) is 2.19. The molecule has 1 aliphatic rings. The summed E-state index contributed by atoms with van der Waals surface area (Å²) in [5.41, 5.74) is 2.44. The summed E-state index contributed by atoms with van der Waals surface area (Å²) in [4.78, 5) is 5.90. The van der Waals surface area contributed by atoms with Gasteiger partial charge in [0.15, 0.2) is 23.3 Å². The number of rotatable bonds is 2. The van der Waals surface area contributed by atoms with Gasteiger partial charge in [-0.25, -0.2) is 13.8 Å². The van der Waals surface area contributed by atoms with Crippen LogP contribution in [-0.2, 0) is 13.0 Å². The van der Waals surface area contributed by atoms with Crippen molar-refractivity contribution in [3.63, 3.8) is 0 Å². The maximum Gasteiger partial charge on any atom is 0.168 e. The van der Waals surface area contributed by atoms with Crippen LogP contribution in [0.15, 0.2) is 30.3 Å². The van der Waals surface area contributed by atoms with Crippen LogP contribution >= 0.6 is 0 Å². The maximum atomic E-state index is 14.0. The first-order chi connectivity index (χ1) is 9.69. The van der Waals surface area contributed by atoms with Gasteiger partial charge in [-0.05, 0) is 17.5 Å². The molecule has 2 heterocycles. The van der Waals surface area contributed by atoms with Crippen LogP contribution in [0.5, 0.6) is 0 Å². The number of halogens is 2. The van der Waals surface area contributed by atoms with Gasteiger partial charge >= 0.3 is 0 Å². The topological polar surface area (TPSA) is 28.2 Å². The summed E-state index contributed by atoms with van der Waals surface area (Å²) in [6.07, 6.45) is 0.837. The van der Waals surface area contributed by atoms with E-state index in [2.05, 4.69) is 16.4 Å². The van der Waals surface area contributed by atoms with E-state index < -0.39 is 11.6 Å². The van der Waals surface area contributed by atoms with Gasteiger partial charge < -0.3 is 10.2 Å². The Labute approximate surface area is 116 Å². The second-order valence-corrected chi connectivity index (χ2v) is 4.81. The highest BCUT2D eigenvalue weighted by atomic mass is 19.1. The van der Waals surface area contributed by atoms with Gasteiger partial charge in [0.05, 0.1) is 0 Å². The maximum absolute atomic E-state index is 14.0. The lowest BCUT2D eigenvalue weighted by Crippen LogP contribution is -2.32. The van der Waals surface area contributed by atoms with Crippen molar-refractivity contribution in [2.45, 2.75) is 13.0 Å². The smallest absolute Gasteiger partial charge is 0.168 e. The number of hydrogen-bond acceptors (Lipinski definition) is 3. The second kappa shape index (κ2) is 5.07. The fourth-order valence-corrected chi connectivity index (χ4v) is 2.53. The fourth-order valence-electron chi connectivity index (χ4n) is 2.53. The molecule has 5 heteroatoms. The number of fused-ring (bicyclic) bond motifs is 1. The molecule has 0 atom stereocenters. The summed E-state index contributed by atoms with van der Waals surface area (Å²) in [5.74, 6) is -1.03. The van der Waals surface area contributed by atoms with Gasteiger partial charge in [-0.15, -0.1) is 0 Å². The number of nitrogens with one attached hydrogen (secondary N) is 1. The van der Waals surface area contributed by atoms with Crippen LogP contribution in [-0.4, -0.2) is 18.6 Å². The molecule has 1 aromatic heterocycles. The van der Waals surface area contributed by atoms with Gasteiger partial charge in [0, 0.05) is 26.2 Å². The van der Waals surface area contributed by atoms with Gasteiger partial charge in [-0.1, -0.05) is 24.3 Å². The first kappa shape index (κ1) is 12.8. The molecule has 3 rings (SSSR count). The lowest BCUT2D eigenvalue weighted by molar-refractivity contribution is 0.566. The Hall–Kier alpha value is -2.17. The molecule has 3 nitrogen and oxygen atoms in total. The van der Waals surface area contributed by atoms with Gasteiger partial charge in [0.1, 0.15) is 0 Å². The van der Waals surface area contributed by atoms with E-state index in [4.69, 9.17) is 0 Å². The Bertz CT molecular complexity index is 643. The minimum Gasteiger partial charge on any atom is -0.371 e. The van der Waals surface area contributed by atoms with E-state index in [1.54, 1.807) is 7.05 Å². The van der Waals surface area contributed by atoms with E-state index in [1.165, 1.54) is 5.56 Å². The molecular formula is C15H15F2N3. The van der Waals surface area contributed by atoms with Crippen molar-refractivity contribution in [3.05, 3.63) is 53.1 Å². The van der Waals surface area contributed by atoms with Gasteiger partial charge in [0.25, 0.3) is 0 Å². The molecule has 1 N–H and O–H groups in total. The predicted octanol–water partition coefficient (Wildman–Crippen LogP) is 2.96. The zero-order valence-electron chi connectivity index (χ0n) is 11.2. The SMILES string of the molecule is CNc1nc(N2CCc3ccccc3C2)c(F)cc1F. The molecule has 20 heavy (non-hydrogen) atoms. The van der Waals surface area contributed by atoms with Crippen molar-refractivity contribution >= 4 is 11.6 Å². The monoisotopic (exact) mass is 275 g/mol. The zero-order chi connectivity index (χ0) is 14.1. The summed E-state index contributed by atoms with van der Waals surface area (Å²) < 4.78 is 27.4. The fraction of sp³-hybridized carbons (Fsp3) is 0.267. The van der Waals surface area contributed by atoms with Crippen LogP contribution in [0, 0.1) is 11.6 Å². The Kier molecular flexibility index (Phi) is 3.26. The average molecular weight is 275 g/mol. The molecule has 0 unspecified atom stereocenters. The predicted molar refractivity (Wildman–Crippen MR) is 74.9 cm³/mol. The molecule has 2 aromatic rings. The number of hydrogen-bond donors (Lipinski definition) is 1. The Morgan fingerprint density at radius 3 is 2.65 bits per heavy atom. The molecule has 104 valence electrons. The quantitative estimate of drug-likeness (QED) is 0.913. The first-order valence-corrected chi connectivity index (χ1v) is 6.54. The van der Waals surface area contributed by atoms with Crippen LogP contribution in [0.4, 0.5) is 20.4 Å². The summed E-state index contributed by atoms with van der Waals surface area (Å²) in [5, 5.41) is 2.64. The second-order valence-electron chi connectivity index (χ2n) is 4.81. The molecule has 1 aliphatic heterocycles. The van der Waals surface area contributed by atoms with E-state index in [0.717, 1.165) is 18.1 Å². The van der Waals surface area contributed by atoms with Gasteiger partial charge in [-0.3, -0.25) is 0 Å². The molecule has 0 bridgehead atoms. The molecule has 0 amide bonds. The minimum absolute atomic E-state index is 0.0697. The Morgan fingerprint density at radius 2 is 1.90 bits per heavy atom. The Morgan fingerprint density at radius 1 is 1.15 bits per heavy atom. The molecule has 0 aliphatic carbocycles. The largest absolute Gasteiger partial charge is 0.371 e. The molecule has 0 saturated carbocycles. The lowest BCUT2D eigenvalue weighted by atomic mass is 10.00. The van der Waals surface area contributed by atoms with Crippen LogP contribution in [0.1, 0.15) is 11.1 Å². The van der Waals surface area contributed by atoms with Crippen molar-refractivity contribution in [1.29, 1.82) is 0 Å². The van der Waals surface area contributed by atoms with Gasteiger partial charge in [-0.2, -0.15) is 0 Å². The van der Waals surface area contributed by atoms with Crippen molar-refractivity contribution < 1.29 is 8.78 Å². The minimum atomic E-state index is -0.675. The van der Waals surface area contributed by atoms with E-state index in [-0.39, 0.29) is 11.6 Å². The van der Waals surface area contributed by atoms with Crippen molar-refractivity contribution in [2.75, 3.05) is 23.8 Å². The van der Waals surface area contributed by atoms with Crippen LogP contribution in [0.25, 0.3) is 0 Å². The zero-order valence-corrected chi connectivity index (χ0v) is 11.2. The Balaban J connectivity index is 1.95. The molecule has 1 aromatic carbocycles. The number of nitrogens with zero attached hydrogens (tertiary/aromatic N) is 2. The highest BCUT2D eigenvalue weighted by molar-refractivity contribution is 5.51. The van der Waals surface area contributed by atoms with Crippen LogP contribution in [0.2, 0.25) is 0 Å². The molecule has 0 fully saturated rings. The summed E-state index contributed by atoms with van der Waals surface area (Å²) in [6, 6.07) is 8.97. The third-order valence-electron chi connectivity index (χ3n) is 3.58. The number of pyridine rings is 1. The third-order valence-corrected chi connectivity index (χ3v) is 3.58. The van der Waals surface area contributed by atoms with E-state index in [1.807, 2.05) is 23.1 Å². The highest BCUT2D eigenvalue weighted by Gasteiger charge is 2.21. The number of anilines is 2.